The summed E-state index contributed by atoms with van der Waals surface area (Å²) in [7, 11) is 0. The number of nitrogens with one attached hydrogen (secondary N) is 1. The van der Waals surface area contributed by atoms with Crippen molar-refractivity contribution in [2.75, 3.05) is 49.1 Å². The first-order chi connectivity index (χ1) is 26.3. The lowest BCUT2D eigenvalue weighted by Crippen LogP contribution is -2.54. The molecule has 3 fully saturated rings. The van der Waals surface area contributed by atoms with Crippen LogP contribution in [0.4, 0.5) is 16.0 Å². The number of imide groups is 2. The molecule has 14 heteroatoms. The molecule has 4 amide bonds. The molecule has 2 aromatic carbocycles. The van der Waals surface area contributed by atoms with E-state index < -0.39 is 29.7 Å². The first kappa shape index (κ1) is 33.8. The van der Waals surface area contributed by atoms with Crippen molar-refractivity contribution in [2.24, 2.45) is 0 Å². The third kappa shape index (κ3) is 6.15. The van der Waals surface area contributed by atoms with Crippen LogP contribution in [0.25, 0.3) is 17.0 Å². The van der Waals surface area contributed by atoms with Gasteiger partial charge in [0.1, 0.15) is 29.2 Å². The third-order valence-corrected chi connectivity index (χ3v) is 11.0. The van der Waals surface area contributed by atoms with Crippen molar-refractivity contribution in [1.82, 2.24) is 34.7 Å². The number of piperidine rings is 1. The first-order valence-electron chi connectivity index (χ1n) is 18.5. The van der Waals surface area contributed by atoms with E-state index in [4.69, 9.17) is 10.1 Å². The minimum Gasteiger partial charge on any atom is -0.354 e. The van der Waals surface area contributed by atoms with Crippen molar-refractivity contribution < 1.29 is 23.6 Å². The van der Waals surface area contributed by atoms with E-state index in [2.05, 4.69) is 25.0 Å². The molecule has 0 radical (unpaired) electrons. The van der Waals surface area contributed by atoms with Gasteiger partial charge in [-0.2, -0.15) is 0 Å². The molecule has 0 aliphatic carbocycles. The van der Waals surface area contributed by atoms with E-state index in [9.17, 15) is 23.6 Å². The van der Waals surface area contributed by atoms with E-state index >= 15 is 0 Å². The highest BCUT2D eigenvalue weighted by atomic mass is 19.1. The smallest absolute Gasteiger partial charge is 0.262 e. The number of fused-ring (bicyclic) bond motifs is 2. The van der Waals surface area contributed by atoms with Gasteiger partial charge in [-0.25, -0.2) is 18.9 Å². The van der Waals surface area contributed by atoms with Crippen LogP contribution in [0, 0.1) is 5.82 Å². The molecular formula is C40H38FN9O4. The van der Waals surface area contributed by atoms with Gasteiger partial charge in [0.2, 0.25) is 11.8 Å². The summed E-state index contributed by atoms with van der Waals surface area (Å²) in [4.78, 5) is 67.9. The molecule has 0 spiro atoms. The minimum atomic E-state index is -0.976. The number of benzene rings is 2. The third-order valence-electron chi connectivity index (χ3n) is 11.0. The molecule has 2 atom stereocenters. The van der Waals surface area contributed by atoms with Crippen LogP contribution in [0.3, 0.4) is 0 Å². The Kier molecular flexibility index (Phi) is 8.61. The molecule has 9 rings (SSSR count). The summed E-state index contributed by atoms with van der Waals surface area (Å²) in [6, 6.07) is 21.2. The molecule has 2 unspecified atom stereocenters. The Morgan fingerprint density at radius 2 is 1.63 bits per heavy atom. The Morgan fingerprint density at radius 1 is 0.796 bits per heavy atom. The van der Waals surface area contributed by atoms with Gasteiger partial charge >= 0.3 is 0 Å². The van der Waals surface area contributed by atoms with Gasteiger partial charge in [0.05, 0.1) is 29.1 Å². The largest absolute Gasteiger partial charge is 0.354 e. The van der Waals surface area contributed by atoms with E-state index in [1.807, 2.05) is 47.0 Å². The zero-order valence-electron chi connectivity index (χ0n) is 29.5. The Bertz CT molecular complexity index is 2320. The van der Waals surface area contributed by atoms with Crippen LogP contribution in [0.5, 0.6) is 0 Å². The minimum absolute atomic E-state index is 0.0545. The second-order valence-corrected chi connectivity index (χ2v) is 14.3. The number of halogens is 1. The lowest BCUT2D eigenvalue weighted by Gasteiger charge is -2.35. The van der Waals surface area contributed by atoms with Gasteiger partial charge < -0.3 is 9.80 Å². The molecule has 4 aliphatic heterocycles. The molecular weight excluding hydrogens is 689 g/mol. The molecule has 54 heavy (non-hydrogen) atoms. The summed E-state index contributed by atoms with van der Waals surface area (Å²) in [5, 5.41) is 7.24. The molecule has 3 saturated heterocycles. The molecule has 0 bridgehead atoms. The highest BCUT2D eigenvalue weighted by Crippen LogP contribution is 2.36. The fourth-order valence-electron chi connectivity index (χ4n) is 8.20. The summed E-state index contributed by atoms with van der Waals surface area (Å²) in [5.41, 5.74) is 4.78. The molecule has 3 aromatic heterocycles. The molecule has 13 nitrogen and oxygen atoms in total. The van der Waals surface area contributed by atoms with E-state index in [0.29, 0.717) is 12.0 Å². The summed E-state index contributed by atoms with van der Waals surface area (Å²) < 4.78 is 15.9. The Morgan fingerprint density at radius 3 is 2.46 bits per heavy atom. The molecule has 7 heterocycles. The fourth-order valence-corrected chi connectivity index (χ4v) is 8.20. The number of carbonyl (C=O) groups is 4. The van der Waals surface area contributed by atoms with Gasteiger partial charge in [-0.3, -0.25) is 34.3 Å². The maximum Gasteiger partial charge on any atom is 0.262 e. The fraction of sp³-hybridized carbons (Fsp3) is 0.325. The van der Waals surface area contributed by atoms with Gasteiger partial charge in [0.25, 0.3) is 11.8 Å². The zero-order valence-corrected chi connectivity index (χ0v) is 29.5. The molecule has 0 saturated carbocycles. The number of carbonyl (C=O) groups excluding carboxylic acids is 4. The van der Waals surface area contributed by atoms with Crippen molar-refractivity contribution in [1.29, 1.82) is 0 Å². The summed E-state index contributed by atoms with van der Waals surface area (Å²) in [5.74, 6) is -0.531. The average Bonchev–Trinajstić information content (AvgIpc) is 3.91. The number of aromatic nitrogens is 4. The van der Waals surface area contributed by atoms with Crippen LogP contribution >= 0.6 is 0 Å². The Hall–Kier alpha value is -6.02. The zero-order chi connectivity index (χ0) is 36.9. The highest BCUT2D eigenvalue weighted by molar-refractivity contribution is 6.23. The summed E-state index contributed by atoms with van der Waals surface area (Å²) >= 11 is 0. The van der Waals surface area contributed by atoms with E-state index in [1.165, 1.54) is 6.07 Å². The van der Waals surface area contributed by atoms with Gasteiger partial charge in [-0.05, 0) is 85.3 Å². The quantitative estimate of drug-likeness (QED) is 0.234. The number of nitrogens with zero attached hydrogens (tertiary/aromatic N) is 8. The second-order valence-electron chi connectivity index (χ2n) is 14.3. The number of amides is 4. The van der Waals surface area contributed by atoms with E-state index in [1.54, 1.807) is 30.5 Å². The van der Waals surface area contributed by atoms with Crippen LogP contribution in [0.15, 0.2) is 79.0 Å². The van der Waals surface area contributed by atoms with Gasteiger partial charge in [0.15, 0.2) is 5.65 Å². The van der Waals surface area contributed by atoms with E-state index in [0.717, 1.165) is 96.8 Å². The van der Waals surface area contributed by atoms with Crippen molar-refractivity contribution in [3.63, 3.8) is 0 Å². The van der Waals surface area contributed by atoms with Crippen LogP contribution in [-0.2, 0) is 16.0 Å². The molecule has 4 aliphatic rings. The van der Waals surface area contributed by atoms with Crippen LogP contribution < -0.4 is 15.1 Å². The SMILES string of the molecule is O=C1CCC(N2C(=O)c3ccc(CCN4CCN(c5cccc(-c6cnc7ccc(N8CCCC8c8cccc(F)c8)nn67)n5)CC4)cc3C2=O)C(=O)N1. The Balaban J connectivity index is 0.842. The Labute approximate surface area is 310 Å². The summed E-state index contributed by atoms with van der Waals surface area (Å²) in [6.07, 6.45) is 4.65. The molecule has 274 valence electrons. The van der Waals surface area contributed by atoms with Crippen LogP contribution in [0.2, 0.25) is 0 Å². The normalized spacial score (nSPS) is 20.6. The predicted octanol–water partition coefficient (Wildman–Crippen LogP) is 4.04. The van der Waals surface area contributed by atoms with Crippen molar-refractivity contribution >= 4 is 40.9 Å². The number of hydrogen-bond donors (Lipinski definition) is 1. The molecule has 1 N–H and O–H groups in total. The van der Waals surface area contributed by atoms with Gasteiger partial charge in [0, 0.05) is 45.7 Å². The number of anilines is 2. The van der Waals surface area contributed by atoms with Crippen molar-refractivity contribution in [3.05, 3.63) is 107 Å². The van der Waals surface area contributed by atoms with Crippen molar-refractivity contribution in [3.8, 4) is 11.4 Å². The topological polar surface area (TPSA) is 136 Å². The highest BCUT2D eigenvalue weighted by Gasteiger charge is 2.44. The maximum absolute atomic E-state index is 14.1. The van der Waals surface area contributed by atoms with E-state index in [-0.39, 0.29) is 30.3 Å². The van der Waals surface area contributed by atoms with Crippen LogP contribution in [0.1, 0.15) is 63.6 Å². The number of piperazine rings is 1. The number of hydrogen-bond acceptors (Lipinski definition) is 10. The lowest BCUT2D eigenvalue weighted by atomic mass is 10.0. The number of pyridine rings is 1. The predicted molar refractivity (Wildman–Crippen MR) is 197 cm³/mol. The maximum atomic E-state index is 14.1. The number of rotatable bonds is 8. The first-order valence-corrected chi connectivity index (χ1v) is 18.5. The van der Waals surface area contributed by atoms with Gasteiger partial charge in [-0.1, -0.05) is 24.3 Å². The summed E-state index contributed by atoms with van der Waals surface area (Å²) in [6.45, 7) is 4.87. The van der Waals surface area contributed by atoms with Crippen LogP contribution in [-0.4, -0.2) is 98.3 Å². The second kappa shape index (κ2) is 13.8. The average molecular weight is 728 g/mol. The van der Waals surface area contributed by atoms with Crippen molar-refractivity contribution in [2.45, 2.75) is 44.2 Å². The molecule has 5 aromatic rings. The lowest BCUT2D eigenvalue weighted by molar-refractivity contribution is -0.136. The number of imidazole rings is 1. The van der Waals surface area contributed by atoms with Gasteiger partial charge in [-0.15, -0.1) is 5.10 Å². The standard InChI is InChI=1S/C40H38FN9O4/c41-27-5-1-4-26(23-27)31-7-3-16-48(31)36-13-12-34-42-24-33(50(34)45-36)30-6-2-8-35(43-30)47-20-18-46(19-21-47)17-15-25-9-10-28-29(22-25)40(54)49(39(28)53)32-11-14-37(51)44-38(32)52/h1-2,4-6,8-10,12-13,22-24,31-32H,3,7,11,14-21H2,(H,44,51,52). The monoisotopic (exact) mass is 727 g/mol.